The number of benzene rings is 1. The average molecular weight is 252 g/mol. The first-order valence-electron chi connectivity index (χ1n) is 6.25. The van der Waals surface area contributed by atoms with Crippen molar-refractivity contribution >= 4 is 17.4 Å². The van der Waals surface area contributed by atoms with E-state index in [9.17, 15) is 0 Å². The van der Waals surface area contributed by atoms with Gasteiger partial charge in [-0.1, -0.05) is 25.1 Å². The maximum Gasteiger partial charge on any atom is 0.0412 e. The quantitative estimate of drug-likeness (QED) is 0.755. The van der Waals surface area contributed by atoms with Crippen LogP contribution >= 0.6 is 11.8 Å². The molecule has 0 aliphatic heterocycles. The van der Waals surface area contributed by atoms with Gasteiger partial charge >= 0.3 is 0 Å². The second-order valence-corrected chi connectivity index (χ2v) is 5.33. The fourth-order valence-corrected chi connectivity index (χ4v) is 2.35. The van der Waals surface area contributed by atoms with E-state index in [2.05, 4.69) is 49.4 Å². The minimum Gasteiger partial charge on any atom is -0.374 e. The zero-order chi connectivity index (χ0) is 12.7. The number of anilines is 1. The van der Waals surface area contributed by atoms with Gasteiger partial charge in [0.05, 0.1) is 0 Å². The van der Waals surface area contributed by atoms with Crippen LogP contribution in [-0.4, -0.2) is 25.6 Å². The highest BCUT2D eigenvalue weighted by Crippen LogP contribution is 2.26. The first kappa shape index (κ1) is 14.4. The van der Waals surface area contributed by atoms with Gasteiger partial charge in [-0.3, -0.25) is 0 Å². The fourth-order valence-electron chi connectivity index (χ4n) is 1.94. The van der Waals surface area contributed by atoms with Crippen LogP contribution in [0.15, 0.2) is 24.3 Å². The Bertz CT molecular complexity index is 328. The van der Waals surface area contributed by atoms with Crippen LogP contribution in [0.4, 0.5) is 5.69 Å². The van der Waals surface area contributed by atoms with Gasteiger partial charge in [-0.2, -0.15) is 11.8 Å². The van der Waals surface area contributed by atoms with Crippen molar-refractivity contribution in [3.8, 4) is 0 Å². The monoisotopic (exact) mass is 252 g/mol. The first-order chi connectivity index (χ1) is 8.20. The topological polar surface area (TPSA) is 29.3 Å². The van der Waals surface area contributed by atoms with E-state index in [-0.39, 0.29) is 6.04 Å². The standard InChI is InChI=1S/C14H24N2S/c1-4-13(15)12-8-5-6-9-14(12)16(2)10-7-11-17-3/h5-6,8-9,13H,4,7,10-11,15H2,1-3H3/t13-/m1/s1. The van der Waals surface area contributed by atoms with Crippen molar-refractivity contribution in [3.63, 3.8) is 0 Å². The van der Waals surface area contributed by atoms with Gasteiger partial charge in [0, 0.05) is 25.3 Å². The third-order valence-corrected chi connectivity index (χ3v) is 3.73. The molecule has 0 fully saturated rings. The Balaban J connectivity index is 2.74. The molecular weight excluding hydrogens is 228 g/mol. The summed E-state index contributed by atoms with van der Waals surface area (Å²) in [7, 11) is 2.15. The number of hydrogen-bond acceptors (Lipinski definition) is 3. The molecule has 0 aliphatic rings. The molecule has 1 rings (SSSR count). The van der Waals surface area contributed by atoms with Crippen molar-refractivity contribution in [3.05, 3.63) is 29.8 Å². The Kier molecular flexibility index (Phi) is 6.45. The van der Waals surface area contributed by atoms with Crippen molar-refractivity contribution in [1.82, 2.24) is 0 Å². The molecule has 0 spiro atoms. The van der Waals surface area contributed by atoms with Crippen molar-refractivity contribution in [1.29, 1.82) is 0 Å². The highest BCUT2D eigenvalue weighted by Gasteiger charge is 2.11. The second-order valence-electron chi connectivity index (χ2n) is 4.34. The highest BCUT2D eigenvalue weighted by molar-refractivity contribution is 7.98. The predicted octanol–water partition coefficient (Wildman–Crippen LogP) is 3.29. The Morgan fingerprint density at radius 3 is 2.71 bits per heavy atom. The van der Waals surface area contributed by atoms with E-state index in [1.54, 1.807) is 0 Å². The van der Waals surface area contributed by atoms with Crippen molar-refractivity contribution in [2.45, 2.75) is 25.8 Å². The van der Waals surface area contributed by atoms with Gasteiger partial charge in [-0.05, 0) is 36.5 Å². The summed E-state index contributed by atoms with van der Waals surface area (Å²) < 4.78 is 0. The summed E-state index contributed by atoms with van der Waals surface area (Å²) in [5.74, 6) is 1.21. The molecule has 17 heavy (non-hydrogen) atoms. The number of rotatable bonds is 7. The third-order valence-electron chi connectivity index (χ3n) is 3.03. The van der Waals surface area contributed by atoms with Crippen LogP contribution in [0.25, 0.3) is 0 Å². The Morgan fingerprint density at radius 2 is 2.06 bits per heavy atom. The van der Waals surface area contributed by atoms with Crippen LogP contribution in [0.5, 0.6) is 0 Å². The summed E-state index contributed by atoms with van der Waals surface area (Å²) in [6.45, 7) is 3.23. The van der Waals surface area contributed by atoms with Crippen molar-refractivity contribution in [2.75, 3.05) is 30.5 Å². The summed E-state index contributed by atoms with van der Waals surface area (Å²) in [5, 5.41) is 0. The normalized spacial score (nSPS) is 12.5. The van der Waals surface area contributed by atoms with Gasteiger partial charge in [0.15, 0.2) is 0 Å². The van der Waals surface area contributed by atoms with Gasteiger partial charge in [-0.25, -0.2) is 0 Å². The van der Waals surface area contributed by atoms with Crippen LogP contribution in [0, 0.1) is 0 Å². The number of para-hydroxylation sites is 1. The minimum atomic E-state index is 0.147. The molecule has 0 aliphatic carbocycles. The fraction of sp³-hybridized carbons (Fsp3) is 0.571. The summed E-state index contributed by atoms with van der Waals surface area (Å²) in [6.07, 6.45) is 4.35. The summed E-state index contributed by atoms with van der Waals surface area (Å²) >= 11 is 1.90. The smallest absolute Gasteiger partial charge is 0.0412 e. The third kappa shape index (κ3) is 4.25. The van der Waals surface area contributed by atoms with Crippen LogP contribution in [0.3, 0.4) is 0 Å². The SMILES string of the molecule is CC[C@@H](N)c1ccccc1N(C)CCCSC. The lowest BCUT2D eigenvalue weighted by Gasteiger charge is -2.24. The lowest BCUT2D eigenvalue weighted by molar-refractivity contribution is 0.693. The highest BCUT2D eigenvalue weighted by atomic mass is 32.2. The molecule has 0 aromatic heterocycles. The molecule has 0 radical (unpaired) electrons. The minimum absolute atomic E-state index is 0.147. The molecule has 96 valence electrons. The Morgan fingerprint density at radius 1 is 1.35 bits per heavy atom. The number of nitrogens with zero attached hydrogens (tertiary/aromatic N) is 1. The largest absolute Gasteiger partial charge is 0.374 e. The van der Waals surface area contributed by atoms with Gasteiger partial charge in [0.2, 0.25) is 0 Å². The average Bonchev–Trinajstić information content (AvgIpc) is 2.38. The molecule has 2 N–H and O–H groups in total. The summed E-state index contributed by atoms with van der Waals surface area (Å²) in [5.41, 5.74) is 8.70. The van der Waals surface area contributed by atoms with E-state index in [0.717, 1.165) is 13.0 Å². The maximum absolute atomic E-state index is 6.16. The molecule has 0 amide bonds. The lowest BCUT2D eigenvalue weighted by atomic mass is 10.0. The Hall–Kier alpha value is -0.670. The van der Waals surface area contributed by atoms with E-state index < -0.39 is 0 Å². The van der Waals surface area contributed by atoms with Crippen molar-refractivity contribution in [2.24, 2.45) is 5.73 Å². The lowest BCUT2D eigenvalue weighted by Crippen LogP contribution is -2.22. The molecule has 0 heterocycles. The molecular formula is C14H24N2S. The molecule has 1 atom stereocenters. The summed E-state index contributed by atoms with van der Waals surface area (Å²) in [6, 6.07) is 8.63. The predicted molar refractivity (Wildman–Crippen MR) is 79.9 cm³/mol. The van der Waals surface area contributed by atoms with Gasteiger partial charge in [-0.15, -0.1) is 0 Å². The number of nitrogens with two attached hydrogens (primary N) is 1. The molecule has 0 saturated carbocycles. The molecule has 1 aromatic carbocycles. The molecule has 2 nitrogen and oxygen atoms in total. The van der Waals surface area contributed by atoms with Gasteiger partial charge in [0.25, 0.3) is 0 Å². The van der Waals surface area contributed by atoms with E-state index in [1.165, 1.54) is 23.4 Å². The first-order valence-corrected chi connectivity index (χ1v) is 7.64. The number of thioether (sulfide) groups is 1. The van der Waals surface area contributed by atoms with Crippen LogP contribution in [-0.2, 0) is 0 Å². The van der Waals surface area contributed by atoms with Gasteiger partial charge < -0.3 is 10.6 Å². The van der Waals surface area contributed by atoms with E-state index in [0.29, 0.717) is 0 Å². The maximum atomic E-state index is 6.16. The van der Waals surface area contributed by atoms with Crippen molar-refractivity contribution < 1.29 is 0 Å². The molecule has 0 bridgehead atoms. The van der Waals surface area contributed by atoms with Crippen LogP contribution < -0.4 is 10.6 Å². The van der Waals surface area contributed by atoms with E-state index in [1.807, 2.05) is 11.8 Å². The number of hydrogen-bond donors (Lipinski definition) is 1. The molecule has 0 saturated heterocycles. The zero-order valence-electron chi connectivity index (χ0n) is 11.1. The van der Waals surface area contributed by atoms with Crippen LogP contribution in [0.2, 0.25) is 0 Å². The zero-order valence-corrected chi connectivity index (χ0v) is 12.0. The molecule has 0 unspecified atom stereocenters. The Labute approximate surface area is 110 Å². The van der Waals surface area contributed by atoms with E-state index in [4.69, 9.17) is 5.73 Å². The summed E-state index contributed by atoms with van der Waals surface area (Å²) in [4.78, 5) is 2.32. The molecule has 3 heteroatoms. The van der Waals surface area contributed by atoms with Crippen LogP contribution in [0.1, 0.15) is 31.4 Å². The second kappa shape index (κ2) is 7.62. The van der Waals surface area contributed by atoms with Gasteiger partial charge in [0.1, 0.15) is 0 Å². The molecule has 1 aromatic rings. The van der Waals surface area contributed by atoms with E-state index >= 15 is 0 Å².